The summed E-state index contributed by atoms with van der Waals surface area (Å²) in [6.45, 7) is 0.633. The van der Waals surface area contributed by atoms with Gasteiger partial charge in [0.2, 0.25) is 5.91 Å². The number of rotatable bonds is 2. The first-order valence-electron chi connectivity index (χ1n) is 5.62. The Kier molecular flexibility index (Phi) is 3.27. The van der Waals surface area contributed by atoms with Gasteiger partial charge in [-0.25, -0.2) is 4.39 Å². The molecule has 84 valence electrons. The Balaban J connectivity index is 2.26. The van der Waals surface area contributed by atoms with Gasteiger partial charge in [-0.1, -0.05) is 17.7 Å². The average Bonchev–Trinajstić information content (AvgIpc) is 2.33. The van der Waals surface area contributed by atoms with Gasteiger partial charge in [-0.15, -0.1) is 0 Å². The summed E-state index contributed by atoms with van der Waals surface area (Å²) in [4.78, 5) is 11.8. The topological polar surface area (TPSA) is 29.1 Å². The SMILES string of the molecule is [B]C(c1ccc(F)cc1)C1([B])CCCNC1=O. The summed E-state index contributed by atoms with van der Waals surface area (Å²) in [6, 6.07) is 5.77. The van der Waals surface area contributed by atoms with E-state index < -0.39 is 11.1 Å². The molecule has 2 nitrogen and oxygen atoms in total. The smallest absolute Gasteiger partial charge is 0.217 e. The highest BCUT2D eigenvalue weighted by molar-refractivity contribution is 6.34. The molecule has 1 fully saturated rings. The number of benzene rings is 1. The maximum Gasteiger partial charge on any atom is 0.217 e. The predicted octanol–water partition coefficient (Wildman–Crippen LogP) is 1.27. The standard InChI is InChI=1S/C12H12B2FNO/c13-10(8-2-4-9(15)5-3-8)12(14)6-1-7-16-11(12)17/h2-5,10H,1,6-7H2,(H,16,17). The molecular formula is C12H12B2FNO. The van der Waals surface area contributed by atoms with E-state index in [1.165, 1.54) is 12.1 Å². The highest BCUT2D eigenvalue weighted by atomic mass is 19.1. The Morgan fingerprint density at radius 3 is 2.59 bits per heavy atom. The number of hydrogen-bond acceptors (Lipinski definition) is 1. The summed E-state index contributed by atoms with van der Waals surface area (Å²) in [5.74, 6) is -1.19. The van der Waals surface area contributed by atoms with Crippen molar-refractivity contribution in [3.63, 3.8) is 0 Å². The lowest BCUT2D eigenvalue weighted by Crippen LogP contribution is -2.45. The highest BCUT2D eigenvalue weighted by Gasteiger charge is 2.39. The highest BCUT2D eigenvalue weighted by Crippen LogP contribution is 2.43. The Morgan fingerprint density at radius 2 is 2.00 bits per heavy atom. The zero-order chi connectivity index (χ0) is 12.5. The van der Waals surface area contributed by atoms with Crippen molar-refractivity contribution in [2.24, 2.45) is 0 Å². The molecule has 1 aromatic rings. The van der Waals surface area contributed by atoms with Gasteiger partial charge in [0.15, 0.2) is 0 Å². The van der Waals surface area contributed by atoms with Gasteiger partial charge in [0.05, 0.1) is 15.7 Å². The fourth-order valence-electron chi connectivity index (χ4n) is 2.13. The van der Waals surface area contributed by atoms with Crippen molar-refractivity contribution >= 4 is 21.6 Å². The zero-order valence-corrected chi connectivity index (χ0v) is 9.45. The monoisotopic (exact) mass is 227 g/mol. The number of halogens is 1. The lowest BCUT2D eigenvalue weighted by molar-refractivity contribution is -0.125. The second kappa shape index (κ2) is 4.55. The molecule has 2 unspecified atom stereocenters. The minimum absolute atomic E-state index is 0.236. The van der Waals surface area contributed by atoms with Crippen molar-refractivity contribution in [2.45, 2.75) is 24.0 Å². The second-order valence-electron chi connectivity index (χ2n) is 4.43. The first-order valence-corrected chi connectivity index (χ1v) is 5.62. The molecule has 2 atom stereocenters. The summed E-state index contributed by atoms with van der Waals surface area (Å²) in [5.41, 5.74) is 0.672. The van der Waals surface area contributed by atoms with E-state index in [0.29, 0.717) is 18.5 Å². The first-order chi connectivity index (χ1) is 8.04. The molecule has 1 saturated heterocycles. The van der Waals surface area contributed by atoms with Crippen LogP contribution in [-0.4, -0.2) is 28.1 Å². The lowest BCUT2D eigenvalue weighted by atomic mass is 9.49. The van der Waals surface area contributed by atoms with E-state index in [0.717, 1.165) is 6.42 Å². The van der Waals surface area contributed by atoms with Crippen LogP contribution >= 0.6 is 0 Å². The quantitative estimate of drug-likeness (QED) is 0.757. The van der Waals surface area contributed by atoms with Crippen LogP contribution in [0, 0.1) is 5.82 Å². The van der Waals surface area contributed by atoms with Crippen molar-refractivity contribution < 1.29 is 9.18 Å². The van der Waals surface area contributed by atoms with E-state index >= 15 is 0 Å². The third-order valence-corrected chi connectivity index (χ3v) is 3.26. The Morgan fingerprint density at radius 1 is 1.35 bits per heavy atom. The molecule has 0 aromatic heterocycles. The number of nitrogens with one attached hydrogen (secondary N) is 1. The van der Waals surface area contributed by atoms with Gasteiger partial charge in [0.25, 0.3) is 0 Å². The van der Waals surface area contributed by atoms with Gasteiger partial charge in [0.1, 0.15) is 5.82 Å². The molecule has 0 aliphatic carbocycles. The van der Waals surface area contributed by atoms with Crippen molar-refractivity contribution in [3.8, 4) is 0 Å². The largest absolute Gasteiger partial charge is 0.356 e. The van der Waals surface area contributed by atoms with E-state index in [1.807, 2.05) is 0 Å². The number of carbonyl (C=O) groups is 1. The van der Waals surface area contributed by atoms with Crippen molar-refractivity contribution in [2.75, 3.05) is 6.54 Å². The summed E-state index contributed by atoms with van der Waals surface area (Å²) >= 11 is 0. The first kappa shape index (κ1) is 12.2. The predicted molar refractivity (Wildman–Crippen MR) is 65.6 cm³/mol. The molecule has 0 saturated carbocycles. The van der Waals surface area contributed by atoms with Crippen LogP contribution in [0.25, 0.3) is 0 Å². The van der Waals surface area contributed by atoms with Gasteiger partial charge in [-0.3, -0.25) is 4.79 Å². The molecular weight excluding hydrogens is 215 g/mol. The maximum atomic E-state index is 12.8. The molecule has 1 aliphatic heterocycles. The van der Waals surface area contributed by atoms with Gasteiger partial charge in [-0.2, -0.15) is 0 Å². The summed E-state index contributed by atoms with van der Waals surface area (Å²) in [5, 5.41) is 1.62. The van der Waals surface area contributed by atoms with Crippen LogP contribution < -0.4 is 5.32 Å². The Labute approximate surface area is 103 Å². The minimum Gasteiger partial charge on any atom is -0.356 e. The average molecular weight is 227 g/mol. The molecule has 1 aromatic carbocycles. The van der Waals surface area contributed by atoms with E-state index in [-0.39, 0.29) is 11.7 Å². The minimum atomic E-state index is -1.10. The molecule has 17 heavy (non-hydrogen) atoms. The number of piperidine rings is 1. The summed E-state index contributed by atoms with van der Waals surface area (Å²) in [7, 11) is 12.1. The van der Waals surface area contributed by atoms with Crippen LogP contribution in [-0.2, 0) is 4.79 Å². The van der Waals surface area contributed by atoms with Crippen LogP contribution in [0.1, 0.15) is 24.2 Å². The third-order valence-electron chi connectivity index (χ3n) is 3.26. The number of carbonyl (C=O) groups excluding carboxylic acids is 1. The number of amides is 1. The molecule has 1 aliphatic rings. The molecule has 5 heteroatoms. The maximum absolute atomic E-state index is 12.8. The van der Waals surface area contributed by atoms with Gasteiger partial charge in [-0.05, 0) is 30.8 Å². The van der Waals surface area contributed by atoms with E-state index in [4.69, 9.17) is 15.7 Å². The van der Waals surface area contributed by atoms with Crippen molar-refractivity contribution in [1.82, 2.24) is 5.32 Å². The molecule has 0 bridgehead atoms. The second-order valence-corrected chi connectivity index (χ2v) is 4.43. The Bertz CT molecular complexity index is 423. The summed E-state index contributed by atoms with van der Waals surface area (Å²) < 4.78 is 12.8. The lowest BCUT2D eigenvalue weighted by Gasteiger charge is -2.39. The number of hydrogen-bond donors (Lipinski definition) is 1. The van der Waals surface area contributed by atoms with Crippen molar-refractivity contribution in [1.29, 1.82) is 0 Å². The van der Waals surface area contributed by atoms with E-state index in [9.17, 15) is 9.18 Å². The molecule has 1 heterocycles. The molecule has 0 spiro atoms. The van der Waals surface area contributed by atoms with Gasteiger partial charge in [0, 0.05) is 11.9 Å². The van der Waals surface area contributed by atoms with E-state index in [1.54, 1.807) is 12.1 Å². The van der Waals surface area contributed by atoms with Gasteiger partial charge >= 0.3 is 0 Å². The summed E-state index contributed by atoms with van der Waals surface area (Å²) in [6.07, 6.45) is 1.34. The molecule has 4 radical (unpaired) electrons. The van der Waals surface area contributed by atoms with Crippen LogP contribution in [0.5, 0.6) is 0 Å². The normalized spacial score (nSPS) is 26.3. The van der Waals surface area contributed by atoms with Crippen LogP contribution in [0.2, 0.25) is 5.31 Å². The van der Waals surface area contributed by atoms with E-state index in [2.05, 4.69) is 5.32 Å². The fraction of sp³-hybridized carbons (Fsp3) is 0.417. The van der Waals surface area contributed by atoms with Crippen LogP contribution in [0.4, 0.5) is 4.39 Å². The van der Waals surface area contributed by atoms with Gasteiger partial charge < -0.3 is 5.32 Å². The van der Waals surface area contributed by atoms with Crippen LogP contribution in [0.15, 0.2) is 24.3 Å². The molecule has 1 amide bonds. The Hall–Kier alpha value is -1.25. The van der Waals surface area contributed by atoms with Crippen molar-refractivity contribution in [3.05, 3.63) is 35.6 Å². The molecule has 2 rings (SSSR count). The zero-order valence-electron chi connectivity index (χ0n) is 9.45. The third kappa shape index (κ3) is 2.24. The fourth-order valence-corrected chi connectivity index (χ4v) is 2.13. The van der Waals surface area contributed by atoms with Crippen LogP contribution in [0.3, 0.4) is 0 Å². The molecule has 1 N–H and O–H groups in total.